The first-order valence-electron chi connectivity index (χ1n) is 6.65. The van der Waals surface area contributed by atoms with Crippen molar-refractivity contribution >= 4 is 17.1 Å². The maximum atomic E-state index is 12.2. The van der Waals surface area contributed by atoms with Crippen molar-refractivity contribution in [2.45, 2.75) is 25.7 Å². The van der Waals surface area contributed by atoms with Crippen molar-refractivity contribution in [2.75, 3.05) is 0 Å². The summed E-state index contributed by atoms with van der Waals surface area (Å²) in [6, 6.07) is 7.99. The molecule has 3 rings (SSSR count). The number of carbonyl (C=O) groups excluding carboxylic acids is 2. The third-order valence-corrected chi connectivity index (χ3v) is 4.36. The molecule has 19 heavy (non-hydrogen) atoms. The fraction of sp³-hybridized carbons (Fsp3) is 0.294. The zero-order valence-corrected chi connectivity index (χ0v) is 10.8. The normalized spacial score (nSPS) is 20.9. The predicted octanol–water partition coefficient (Wildman–Crippen LogP) is 3.12. The third kappa shape index (κ3) is 1.71. The summed E-state index contributed by atoms with van der Waals surface area (Å²) < 4.78 is 0. The second kappa shape index (κ2) is 4.30. The number of benzene rings is 1. The molecule has 0 aromatic heterocycles. The van der Waals surface area contributed by atoms with Crippen molar-refractivity contribution in [1.29, 1.82) is 0 Å². The van der Waals surface area contributed by atoms with Crippen molar-refractivity contribution in [3.05, 3.63) is 54.1 Å². The SMILES string of the molecule is C=CC1=CCC2(Cc3ccccc31)C(=O)CCC2=O. The number of hydrogen-bond donors (Lipinski definition) is 0. The Morgan fingerprint density at radius 2 is 1.79 bits per heavy atom. The summed E-state index contributed by atoms with van der Waals surface area (Å²) in [6.45, 7) is 3.84. The van der Waals surface area contributed by atoms with Crippen molar-refractivity contribution in [1.82, 2.24) is 0 Å². The molecule has 0 saturated heterocycles. The van der Waals surface area contributed by atoms with E-state index in [1.54, 1.807) is 0 Å². The molecule has 2 aliphatic rings. The van der Waals surface area contributed by atoms with Crippen LogP contribution < -0.4 is 0 Å². The van der Waals surface area contributed by atoms with Crippen LogP contribution in [0.2, 0.25) is 0 Å². The standard InChI is InChI=1S/C17H16O2/c1-2-12-9-10-17(15(18)7-8-16(17)19)11-13-5-3-4-6-14(12)13/h2-6,9H,1,7-8,10-11H2. The van der Waals surface area contributed by atoms with Crippen molar-refractivity contribution in [3.8, 4) is 0 Å². The molecule has 2 aliphatic carbocycles. The molecule has 2 nitrogen and oxygen atoms in total. The molecule has 1 spiro atoms. The van der Waals surface area contributed by atoms with E-state index in [2.05, 4.69) is 6.58 Å². The Bertz CT molecular complexity index is 591. The fourth-order valence-electron chi connectivity index (χ4n) is 3.23. The highest BCUT2D eigenvalue weighted by Crippen LogP contribution is 2.42. The van der Waals surface area contributed by atoms with E-state index in [0.29, 0.717) is 25.7 Å². The maximum Gasteiger partial charge on any atom is 0.147 e. The van der Waals surface area contributed by atoms with Gasteiger partial charge in [-0.05, 0) is 29.5 Å². The molecule has 0 heterocycles. The van der Waals surface area contributed by atoms with Crippen molar-refractivity contribution in [3.63, 3.8) is 0 Å². The van der Waals surface area contributed by atoms with Gasteiger partial charge in [0, 0.05) is 12.8 Å². The van der Waals surface area contributed by atoms with Crippen LogP contribution in [0, 0.1) is 5.41 Å². The summed E-state index contributed by atoms with van der Waals surface area (Å²) in [5.41, 5.74) is 2.40. The summed E-state index contributed by atoms with van der Waals surface area (Å²) in [6.07, 6.45) is 5.66. The smallest absolute Gasteiger partial charge is 0.147 e. The third-order valence-electron chi connectivity index (χ3n) is 4.36. The first-order valence-corrected chi connectivity index (χ1v) is 6.65. The lowest BCUT2D eigenvalue weighted by molar-refractivity contribution is -0.134. The molecule has 0 atom stereocenters. The zero-order valence-electron chi connectivity index (χ0n) is 10.8. The summed E-state index contributed by atoms with van der Waals surface area (Å²) in [5, 5.41) is 0. The highest BCUT2D eigenvalue weighted by Gasteiger charge is 2.49. The highest BCUT2D eigenvalue weighted by molar-refractivity contribution is 6.13. The Labute approximate surface area is 112 Å². The van der Waals surface area contributed by atoms with Crippen LogP contribution in [0.3, 0.4) is 0 Å². The molecule has 1 fully saturated rings. The molecule has 0 unspecified atom stereocenters. The van der Waals surface area contributed by atoms with Gasteiger partial charge in [-0.2, -0.15) is 0 Å². The van der Waals surface area contributed by atoms with Gasteiger partial charge < -0.3 is 0 Å². The minimum absolute atomic E-state index is 0.105. The van der Waals surface area contributed by atoms with Gasteiger partial charge in [0.2, 0.25) is 0 Å². The predicted molar refractivity (Wildman–Crippen MR) is 74.6 cm³/mol. The van der Waals surface area contributed by atoms with Gasteiger partial charge in [0.05, 0.1) is 5.41 Å². The minimum atomic E-state index is -0.805. The summed E-state index contributed by atoms with van der Waals surface area (Å²) in [5.74, 6) is 0.211. The van der Waals surface area contributed by atoms with Crippen LogP contribution in [-0.2, 0) is 16.0 Å². The summed E-state index contributed by atoms with van der Waals surface area (Å²) in [7, 11) is 0. The number of fused-ring (bicyclic) bond motifs is 1. The topological polar surface area (TPSA) is 34.1 Å². The Morgan fingerprint density at radius 3 is 2.47 bits per heavy atom. The number of allylic oxidation sites excluding steroid dienone is 3. The second-order valence-electron chi connectivity index (χ2n) is 5.33. The first-order chi connectivity index (χ1) is 9.17. The molecule has 2 heteroatoms. The van der Waals surface area contributed by atoms with Crippen LogP contribution in [0.1, 0.15) is 30.4 Å². The highest BCUT2D eigenvalue weighted by atomic mass is 16.2. The second-order valence-corrected chi connectivity index (χ2v) is 5.33. The average molecular weight is 252 g/mol. The van der Waals surface area contributed by atoms with Crippen LogP contribution in [0.4, 0.5) is 0 Å². The molecule has 96 valence electrons. The Balaban J connectivity index is 2.17. The monoisotopic (exact) mass is 252 g/mol. The number of ketones is 2. The van der Waals surface area contributed by atoms with Crippen LogP contribution in [0.5, 0.6) is 0 Å². The Morgan fingerprint density at radius 1 is 1.11 bits per heavy atom. The van der Waals surface area contributed by atoms with E-state index in [4.69, 9.17) is 0 Å². The van der Waals surface area contributed by atoms with Crippen LogP contribution in [-0.4, -0.2) is 11.6 Å². The van der Waals surface area contributed by atoms with E-state index in [9.17, 15) is 9.59 Å². The summed E-state index contributed by atoms with van der Waals surface area (Å²) >= 11 is 0. The van der Waals surface area contributed by atoms with Crippen LogP contribution >= 0.6 is 0 Å². The van der Waals surface area contributed by atoms with E-state index >= 15 is 0 Å². The fourth-order valence-corrected chi connectivity index (χ4v) is 3.23. The molecular weight excluding hydrogens is 236 g/mol. The van der Waals surface area contributed by atoms with Gasteiger partial charge in [-0.3, -0.25) is 9.59 Å². The van der Waals surface area contributed by atoms with Gasteiger partial charge in [-0.15, -0.1) is 0 Å². The zero-order chi connectivity index (χ0) is 13.5. The molecule has 1 aromatic rings. The molecule has 0 N–H and O–H groups in total. The van der Waals surface area contributed by atoms with E-state index < -0.39 is 5.41 Å². The average Bonchev–Trinajstić information content (AvgIpc) is 2.63. The minimum Gasteiger partial charge on any atom is -0.299 e. The van der Waals surface area contributed by atoms with Gasteiger partial charge in [0.1, 0.15) is 11.6 Å². The van der Waals surface area contributed by atoms with Gasteiger partial charge >= 0.3 is 0 Å². The van der Waals surface area contributed by atoms with Gasteiger partial charge in [-0.25, -0.2) is 0 Å². The van der Waals surface area contributed by atoms with E-state index in [1.807, 2.05) is 36.4 Å². The van der Waals surface area contributed by atoms with Gasteiger partial charge in [0.25, 0.3) is 0 Å². The molecule has 0 amide bonds. The van der Waals surface area contributed by atoms with Crippen LogP contribution in [0.25, 0.3) is 5.57 Å². The molecule has 0 radical (unpaired) electrons. The van der Waals surface area contributed by atoms with Crippen molar-refractivity contribution < 1.29 is 9.59 Å². The first kappa shape index (κ1) is 12.1. The lowest BCUT2D eigenvalue weighted by atomic mass is 9.76. The summed E-state index contributed by atoms with van der Waals surface area (Å²) in [4.78, 5) is 24.5. The van der Waals surface area contributed by atoms with E-state index in [1.165, 1.54) is 0 Å². The molecule has 0 bridgehead atoms. The number of Topliss-reactive ketones (excluding diaryl/α,β-unsaturated/α-hetero) is 2. The van der Waals surface area contributed by atoms with Crippen LogP contribution in [0.15, 0.2) is 43.0 Å². The quantitative estimate of drug-likeness (QED) is 0.720. The Kier molecular flexibility index (Phi) is 2.74. The van der Waals surface area contributed by atoms with Gasteiger partial charge in [0.15, 0.2) is 0 Å². The number of hydrogen-bond acceptors (Lipinski definition) is 2. The lowest BCUT2D eigenvalue weighted by Crippen LogP contribution is -2.34. The number of rotatable bonds is 1. The number of carbonyl (C=O) groups is 2. The lowest BCUT2D eigenvalue weighted by Gasteiger charge is -2.23. The van der Waals surface area contributed by atoms with Gasteiger partial charge in [-0.1, -0.05) is 43.0 Å². The molecular formula is C17H16O2. The van der Waals surface area contributed by atoms with E-state index in [-0.39, 0.29) is 11.6 Å². The molecule has 1 aromatic carbocycles. The molecule has 0 aliphatic heterocycles. The Hall–Kier alpha value is -1.96. The largest absolute Gasteiger partial charge is 0.299 e. The van der Waals surface area contributed by atoms with E-state index in [0.717, 1.165) is 16.7 Å². The van der Waals surface area contributed by atoms with Crippen molar-refractivity contribution in [2.24, 2.45) is 5.41 Å². The maximum absolute atomic E-state index is 12.2. The molecule has 1 saturated carbocycles.